The lowest BCUT2D eigenvalue weighted by Gasteiger charge is -2.03. The summed E-state index contributed by atoms with van der Waals surface area (Å²) in [6.45, 7) is 1.99. The van der Waals surface area contributed by atoms with Crippen molar-refractivity contribution in [3.8, 4) is 0 Å². The lowest BCUT2D eigenvalue weighted by molar-refractivity contribution is 0.629. The van der Waals surface area contributed by atoms with Gasteiger partial charge in [0.25, 0.3) is 0 Å². The Morgan fingerprint density at radius 2 is 2.36 bits per heavy atom. The van der Waals surface area contributed by atoms with E-state index in [0.29, 0.717) is 5.02 Å². The van der Waals surface area contributed by atoms with Crippen LogP contribution in [0.15, 0.2) is 22.0 Å². The van der Waals surface area contributed by atoms with E-state index < -0.39 is 5.82 Å². The molecule has 0 atom stereocenters. The van der Waals surface area contributed by atoms with Gasteiger partial charge in [-0.2, -0.15) is 4.99 Å². The fourth-order valence-corrected chi connectivity index (χ4v) is 2.03. The predicted molar refractivity (Wildman–Crippen MR) is 62.5 cm³/mol. The number of hydrogen-bond acceptors (Lipinski definition) is 3. The summed E-state index contributed by atoms with van der Waals surface area (Å²) in [4.78, 5) is 4.41. The molecular formula is C9H7ClFNS2. The Morgan fingerprint density at radius 1 is 1.64 bits per heavy atom. The second kappa shape index (κ2) is 5.47. The molecular weight excluding hydrogens is 241 g/mol. The SMILES string of the molecule is CCSc1cc(N=C=S)c(F)cc1Cl. The van der Waals surface area contributed by atoms with Crippen molar-refractivity contribution in [1.29, 1.82) is 0 Å². The second-order valence-corrected chi connectivity index (χ2v) is 4.27. The highest BCUT2D eigenvalue weighted by Crippen LogP contribution is 2.32. The van der Waals surface area contributed by atoms with Crippen LogP contribution in [0.2, 0.25) is 5.02 Å². The van der Waals surface area contributed by atoms with E-state index in [0.717, 1.165) is 10.6 Å². The van der Waals surface area contributed by atoms with Crippen molar-refractivity contribution in [1.82, 2.24) is 0 Å². The molecule has 0 aliphatic carbocycles. The van der Waals surface area contributed by atoms with Gasteiger partial charge in [0.05, 0.1) is 10.2 Å². The average Bonchev–Trinajstić information content (AvgIpc) is 2.14. The molecule has 5 heteroatoms. The number of thioether (sulfide) groups is 1. The summed E-state index contributed by atoms with van der Waals surface area (Å²) in [6, 6.07) is 2.82. The molecule has 0 aliphatic rings. The van der Waals surface area contributed by atoms with Crippen LogP contribution in [0.25, 0.3) is 0 Å². The molecule has 1 aromatic carbocycles. The van der Waals surface area contributed by atoms with E-state index in [-0.39, 0.29) is 5.69 Å². The lowest BCUT2D eigenvalue weighted by Crippen LogP contribution is -1.81. The van der Waals surface area contributed by atoms with Crippen LogP contribution in [-0.4, -0.2) is 10.9 Å². The highest BCUT2D eigenvalue weighted by Gasteiger charge is 2.07. The summed E-state index contributed by atoms with van der Waals surface area (Å²) in [6.07, 6.45) is 0. The second-order valence-electron chi connectivity index (χ2n) is 2.37. The fraction of sp³-hybridized carbons (Fsp3) is 0.222. The van der Waals surface area contributed by atoms with E-state index in [2.05, 4.69) is 22.4 Å². The maximum absolute atomic E-state index is 13.2. The van der Waals surface area contributed by atoms with Crippen LogP contribution < -0.4 is 0 Å². The molecule has 0 heterocycles. The van der Waals surface area contributed by atoms with E-state index in [9.17, 15) is 4.39 Å². The first-order chi connectivity index (χ1) is 6.69. The molecule has 1 aromatic rings. The summed E-state index contributed by atoms with van der Waals surface area (Å²) in [5, 5.41) is 2.53. The van der Waals surface area contributed by atoms with Crippen LogP contribution in [0.5, 0.6) is 0 Å². The van der Waals surface area contributed by atoms with Crippen molar-refractivity contribution in [3.05, 3.63) is 23.0 Å². The van der Waals surface area contributed by atoms with E-state index in [1.165, 1.54) is 17.8 Å². The summed E-state index contributed by atoms with van der Waals surface area (Å²) >= 11 is 11.8. The number of thiocarbonyl (C=S) groups is 1. The number of nitrogens with zero attached hydrogens (tertiary/aromatic N) is 1. The minimum Gasteiger partial charge on any atom is -0.205 e. The van der Waals surface area contributed by atoms with E-state index in [4.69, 9.17) is 11.6 Å². The molecule has 1 nitrogen and oxygen atoms in total. The molecule has 0 saturated carbocycles. The zero-order chi connectivity index (χ0) is 10.6. The van der Waals surface area contributed by atoms with Gasteiger partial charge in [0.2, 0.25) is 0 Å². The van der Waals surface area contributed by atoms with Gasteiger partial charge in [-0.1, -0.05) is 18.5 Å². The number of isothiocyanates is 1. The molecule has 1 rings (SSSR count). The van der Waals surface area contributed by atoms with Gasteiger partial charge >= 0.3 is 0 Å². The van der Waals surface area contributed by atoms with E-state index in [1.807, 2.05) is 6.92 Å². The van der Waals surface area contributed by atoms with Gasteiger partial charge in [-0.05, 0) is 30.1 Å². The van der Waals surface area contributed by atoms with Gasteiger partial charge in [0.1, 0.15) is 5.69 Å². The smallest absolute Gasteiger partial charge is 0.151 e. The molecule has 0 aliphatic heterocycles. The highest BCUT2D eigenvalue weighted by molar-refractivity contribution is 7.99. The molecule has 0 saturated heterocycles. The summed E-state index contributed by atoms with van der Waals surface area (Å²) in [5.74, 6) is 0.388. The molecule has 0 spiro atoms. The molecule has 0 amide bonds. The van der Waals surface area contributed by atoms with Gasteiger partial charge in [-0.15, -0.1) is 11.8 Å². The molecule has 0 aromatic heterocycles. The van der Waals surface area contributed by atoms with Gasteiger partial charge in [0.15, 0.2) is 5.82 Å². The third kappa shape index (κ3) is 2.79. The summed E-state index contributed by atoms with van der Waals surface area (Å²) in [5.41, 5.74) is 0.181. The topological polar surface area (TPSA) is 12.4 Å². The lowest BCUT2D eigenvalue weighted by atomic mass is 10.3. The van der Waals surface area contributed by atoms with Gasteiger partial charge in [0, 0.05) is 4.90 Å². The number of aliphatic imine (C=N–C) groups is 1. The van der Waals surface area contributed by atoms with Gasteiger partial charge in [-0.3, -0.25) is 0 Å². The third-order valence-electron chi connectivity index (χ3n) is 1.47. The van der Waals surface area contributed by atoms with Crippen molar-refractivity contribution in [2.75, 3.05) is 5.75 Å². The minimum atomic E-state index is -0.479. The number of halogens is 2. The number of benzene rings is 1. The molecule has 74 valence electrons. The van der Waals surface area contributed by atoms with Crippen molar-refractivity contribution in [3.63, 3.8) is 0 Å². The maximum Gasteiger partial charge on any atom is 0.151 e. The zero-order valence-corrected chi connectivity index (χ0v) is 9.77. The van der Waals surface area contributed by atoms with Gasteiger partial charge < -0.3 is 0 Å². The van der Waals surface area contributed by atoms with Crippen LogP contribution in [0.1, 0.15) is 6.92 Å². The fourth-order valence-electron chi connectivity index (χ4n) is 0.919. The normalized spacial score (nSPS) is 9.64. The summed E-state index contributed by atoms with van der Waals surface area (Å²) in [7, 11) is 0. The van der Waals surface area contributed by atoms with Crippen LogP contribution >= 0.6 is 35.6 Å². The first-order valence-electron chi connectivity index (χ1n) is 3.88. The van der Waals surface area contributed by atoms with Crippen molar-refractivity contribution in [2.24, 2.45) is 4.99 Å². The predicted octanol–water partition coefficient (Wildman–Crippen LogP) is 4.33. The molecule has 0 fully saturated rings. The molecule has 0 bridgehead atoms. The Morgan fingerprint density at radius 3 is 2.93 bits per heavy atom. The monoisotopic (exact) mass is 247 g/mol. The molecule has 0 radical (unpaired) electrons. The van der Waals surface area contributed by atoms with Crippen molar-refractivity contribution >= 4 is 46.4 Å². The first kappa shape index (κ1) is 11.7. The standard InChI is InChI=1S/C9H7ClFNS2/c1-2-14-9-4-8(12-5-13)7(11)3-6(9)10/h3-4H,2H2,1H3. The quantitative estimate of drug-likeness (QED) is 0.448. The van der Waals surface area contributed by atoms with Gasteiger partial charge in [-0.25, -0.2) is 4.39 Å². The van der Waals surface area contributed by atoms with Crippen LogP contribution in [0.3, 0.4) is 0 Å². The molecule has 0 N–H and O–H groups in total. The Labute approximate surface area is 96.4 Å². The molecule has 14 heavy (non-hydrogen) atoms. The van der Waals surface area contributed by atoms with Crippen LogP contribution in [-0.2, 0) is 0 Å². The maximum atomic E-state index is 13.2. The van der Waals surface area contributed by atoms with Crippen LogP contribution in [0, 0.1) is 5.82 Å². The Hall–Kier alpha value is -0.410. The highest BCUT2D eigenvalue weighted by atomic mass is 35.5. The summed E-state index contributed by atoms with van der Waals surface area (Å²) < 4.78 is 13.2. The average molecular weight is 248 g/mol. The molecule has 0 unspecified atom stereocenters. The van der Waals surface area contributed by atoms with Crippen molar-refractivity contribution < 1.29 is 4.39 Å². The van der Waals surface area contributed by atoms with Crippen LogP contribution in [0.4, 0.5) is 10.1 Å². The van der Waals surface area contributed by atoms with Crippen molar-refractivity contribution in [2.45, 2.75) is 11.8 Å². The van der Waals surface area contributed by atoms with E-state index in [1.54, 1.807) is 6.07 Å². The Bertz CT molecular complexity index is 389. The third-order valence-corrected chi connectivity index (χ3v) is 2.92. The Kier molecular flexibility index (Phi) is 4.55. The first-order valence-corrected chi connectivity index (χ1v) is 5.66. The van der Waals surface area contributed by atoms with E-state index >= 15 is 0 Å². The number of rotatable bonds is 3. The largest absolute Gasteiger partial charge is 0.205 e. The number of hydrogen-bond donors (Lipinski definition) is 0. The Balaban J connectivity index is 3.19. The minimum absolute atomic E-state index is 0.181. The zero-order valence-electron chi connectivity index (χ0n) is 7.38.